The van der Waals surface area contributed by atoms with Gasteiger partial charge in [-0.2, -0.15) is 0 Å². The number of nitrogens with zero attached hydrogens (tertiary/aromatic N) is 2. The summed E-state index contributed by atoms with van der Waals surface area (Å²) in [5.41, 5.74) is 0. The van der Waals surface area contributed by atoms with E-state index in [9.17, 15) is 4.79 Å². The van der Waals surface area contributed by atoms with E-state index in [4.69, 9.17) is 4.42 Å². The molecule has 0 amide bonds. The van der Waals surface area contributed by atoms with Crippen molar-refractivity contribution >= 4 is 12.0 Å². The van der Waals surface area contributed by atoms with Gasteiger partial charge in [-0.15, -0.1) is 0 Å². The molecule has 1 heterocycles. The summed E-state index contributed by atoms with van der Waals surface area (Å²) in [7, 11) is 1.26. The van der Waals surface area contributed by atoms with Crippen LogP contribution in [0.3, 0.4) is 0 Å². The molecule has 0 aliphatic heterocycles. The van der Waals surface area contributed by atoms with Gasteiger partial charge in [-0.25, -0.2) is 4.79 Å². The fraction of sp³-hybridized carbons (Fsp3) is 0.571. The van der Waals surface area contributed by atoms with Crippen LogP contribution in [0.15, 0.2) is 4.42 Å². The lowest BCUT2D eigenvalue weighted by atomic mass is 10.7. The maximum absolute atomic E-state index is 10.9. The first-order chi connectivity index (χ1) is 6.29. The van der Waals surface area contributed by atoms with E-state index in [2.05, 4.69) is 20.3 Å². The van der Waals surface area contributed by atoms with Gasteiger partial charge in [-0.05, 0) is 12.8 Å². The fourth-order valence-electron chi connectivity index (χ4n) is 0.854. The van der Waals surface area contributed by atoms with Crippen LogP contribution in [0.5, 0.6) is 0 Å². The van der Waals surface area contributed by atoms with Gasteiger partial charge >= 0.3 is 17.9 Å². The number of rotatable bonds is 3. The Kier molecular flexibility index (Phi) is 1.88. The van der Waals surface area contributed by atoms with Gasteiger partial charge in [0.05, 0.1) is 7.11 Å². The summed E-state index contributed by atoms with van der Waals surface area (Å²) in [6.45, 7) is 0. The molecule has 6 heteroatoms. The summed E-state index contributed by atoms with van der Waals surface area (Å²) in [4.78, 5) is 10.9. The summed E-state index contributed by atoms with van der Waals surface area (Å²) in [6.07, 6.45) is 2.21. The van der Waals surface area contributed by atoms with E-state index in [-0.39, 0.29) is 11.9 Å². The van der Waals surface area contributed by atoms with Crippen LogP contribution in [0, 0.1) is 0 Å². The molecule has 0 unspecified atom stereocenters. The van der Waals surface area contributed by atoms with Crippen LogP contribution < -0.4 is 5.32 Å². The highest BCUT2D eigenvalue weighted by atomic mass is 16.5. The third-order valence-electron chi connectivity index (χ3n) is 1.69. The van der Waals surface area contributed by atoms with Crippen molar-refractivity contribution in [2.75, 3.05) is 12.4 Å². The summed E-state index contributed by atoms with van der Waals surface area (Å²) in [5, 5.41) is 10.1. The molecule has 0 saturated heterocycles. The minimum Gasteiger partial charge on any atom is -0.462 e. The van der Waals surface area contributed by atoms with Crippen molar-refractivity contribution in [3.63, 3.8) is 0 Å². The summed E-state index contributed by atoms with van der Waals surface area (Å²) in [6, 6.07) is 0.703. The molecule has 1 aromatic rings. The van der Waals surface area contributed by atoms with E-state index in [1.54, 1.807) is 0 Å². The highest BCUT2D eigenvalue weighted by Crippen LogP contribution is 2.23. The standard InChI is InChI=1S/C7H9N3O3/c1-12-6(11)5-9-10-7(13-5)8-4-2-3-4/h4H,2-3H2,1H3,(H,8,10). The van der Waals surface area contributed by atoms with Gasteiger partial charge in [0.25, 0.3) is 0 Å². The largest absolute Gasteiger partial charge is 0.462 e. The van der Waals surface area contributed by atoms with E-state index < -0.39 is 5.97 Å². The van der Waals surface area contributed by atoms with Crippen molar-refractivity contribution in [1.29, 1.82) is 0 Å². The van der Waals surface area contributed by atoms with Crippen molar-refractivity contribution in [3.8, 4) is 0 Å². The van der Waals surface area contributed by atoms with Crippen LogP contribution in [0.1, 0.15) is 23.5 Å². The van der Waals surface area contributed by atoms with Crippen LogP contribution in [-0.2, 0) is 4.74 Å². The summed E-state index contributed by atoms with van der Waals surface area (Å²) >= 11 is 0. The van der Waals surface area contributed by atoms with Gasteiger partial charge in [-0.3, -0.25) is 0 Å². The highest BCUT2D eigenvalue weighted by Gasteiger charge is 2.24. The van der Waals surface area contributed by atoms with E-state index in [1.807, 2.05) is 0 Å². The molecule has 13 heavy (non-hydrogen) atoms. The van der Waals surface area contributed by atoms with Gasteiger partial charge in [0.1, 0.15) is 0 Å². The number of ether oxygens (including phenoxy) is 1. The minimum atomic E-state index is -0.614. The molecule has 6 nitrogen and oxygen atoms in total. The Labute approximate surface area is 74.3 Å². The average molecular weight is 183 g/mol. The zero-order chi connectivity index (χ0) is 9.26. The van der Waals surface area contributed by atoms with Crippen LogP contribution in [0.4, 0.5) is 6.01 Å². The average Bonchev–Trinajstić information content (AvgIpc) is 2.81. The number of esters is 1. The first-order valence-corrected chi connectivity index (χ1v) is 3.98. The van der Waals surface area contributed by atoms with Crippen molar-refractivity contribution < 1.29 is 13.9 Å². The lowest BCUT2D eigenvalue weighted by Crippen LogP contribution is -2.01. The first kappa shape index (κ1) is 8.03. The molecule has 0 spiro atoms. The Morgan fingerprint density at radius 3 is 3.00 bits per heavy atom. The van der Waals surface area contributed by atoms with Gasteiger partial charge < -0.3 is 14.5 Å². The molecule has 2 rings (SSSR count). The molecule has 70 valence electrons. The summed E-state index contributed by atoms with van der Waals surface area (Å²) < 4.78 is 9.39. The lowest BCUT2D eigenvalue weighted by molar-refractivity contribution is 0.0557. The first-order valence-electron chi connectivity index (χ1n) is 3.98. The smallest absolute Gasteiger partial charge is 0.396 e. The predicted molar refractivity (Wildman–Crippen MR) is 42.3 cm³/mol. The van der Waals surface area contributed by atoms with Crippen molar-refractivity contribution in [2.45, 2.75) is 18.9 Å². The Hall–Kier alpha value is -1.59. The van der Waals surface area contributed by atoms with Gasteiger partial charge in [-0.1, -0.05) is 10.2 Å². The molecule has 0 bridgehead atoms. The number of hydrogen-bond donors (Lipinski definition) is 1. The number of carbonyl (C=O) groups excluding carboxylic acids is 1. The molecule has 1 saturated carbocycles. The Morgan fingerprint density at radius 1 is 1.62 bits per heavy atom. The Morgan fingerprint density at radius 2 is 2.38 bits per heavy atom. The van der Waals surface area contributed by atoms with Gasteiger partial charge in [0.15, 0.2) is 0 Å². The normalized spacial score (nSPS) is 15.5. The van der Waals surface area contributed by atoms with Crippen molar-refractivity contribution in [1.82, 2.24) is 10.2 Å². The van der Waals surface area contributed by atoms with E-state index >= 15 is 0 Å². The van der Waals surface area contributed by atoms with Crippen LogP contribution in [0.25, 0.3) is 0 Å². The topological polar surface area (TPSA) is 77.2 Å². The van der Waals surface area contributed by atoms with Crippen LogP contribution >= 0.6 is 0 Å². The van der Waals surface area contributed by atoms with Crippen LogP contribution in [-0.4, -0.2) is 29.3 Å². The monoisotopic (exact) mass is 183 g/mol. The third kappa shape index (κ3) is 1.77. The zero-order valence-corrected chi connectivity index (χ0v) is 7.11. The molecular formula is C7H9N3O3. The second kappa shape index (κ2) is 3.04. The Bertz CT molecular complexity index is 319. The molecule has 1 aliphatic carbocycles. The number of carbonyl (C=O) groups is 1. The zero-order valence-electron chi connectivity index (χ0n) is 7.11. The quantitative estimate of drug-likeness (QED) is 0.684. The van der Waals surface area contributed by atoms with E-state index in [0.29, 0.717) is 6.04 Å². The second-order valence-corrected chi connectivity index (χ2v) is 2.82. The number of hydrogen-bond acceptors (Lipinski definition) is 6. The molecule has 1 aliphatic rings. The van der Waals surface area contributed by atoms with E-state index in [1.165, 1.54) is 7.11 Å². The Balaban J connectivity index is 2.03. The SMILES string of the molecule is COC(=O)c1nnc(NC2CC2)o1. The molecule has 0 atom stereocenters. The van der Waals surface area contributed by atoms with E-state index in [0.717, 1.165) is 12.8 Å². The molecule has 0 aromatic carbocycles. The van der Waals surface area contributed by atoms with Gasteiger partial charge in [0, 0.05) is 6.04 Å². The number of anilines is 1. The van der Waals surface area contributed by atoms with Crippen LogP contribution in [0.2, 0.25) is 0 Å². The minimum absolute atomic E-state index is 0.120. The van der Waals surface area contributed by atoms with Crippen molar-refractivity contribution in [3.05, 3.63) is 5.89 Å². The predicted octanol–water partition coefficient (Wildman–Crippen LogP) is 0.430. The molecular weight excluding hydrogens is 174 g/mol. The lowest BCUT2D eigenvalue weighted by Gasteiger charge is -1.93. The molecule has 1 N–H and O–H groups in total. The number of methoxy groups -OCH3 is 1. The maximum Gasteiger partial charge on any atom is 0.396 e. The number of aromatic nitrogens is 2. The highest BCUT2D eigenvalue weighted by molar-refractivity contribution is 5.83. The summed E-state index contributed by atoms with van der Waals surface area (Å²) in [5.74, 6) is -0.734. The van der Waals surface area contributed by atoms with Crippen molar-refractivity contribution in [2.24, 2.45) is 0 Å². The fourth-order valence-corrected chi connectivity index (χ4v) is 0.854. The third-order valence-corrected chi connectivity index (χ3v) is 1.69. The molecule has 1 aromatic heterocycles. The second-order valence-electron chi connectivity index (χ2n) is 2.82. The molecule has 1 fully saturated rings. The molecule has 0 radical (unpaired) electrons. The van der Waals surface area contributed by atoms with Gasteiger partial charge in [0.2, 0.25) is 0 Å². The maximum atomic E-state index is 10.9. The number of nitrogens with one attached hydrogen (secondary N) is 1.